The number of methoxy groups -OCH3 is 1. The molecule has 0 fully saturated rings. The fourth-order valence-corrected chi connectivity index (χ4v) is 3.24. The summed E-state index contributed by atoms with van der Waals surface area (Å²) in [6, 6.07) is 18.7. The number of rotatable bonds is 12. The maximum absolute atomic E-state index is 12.3. The molecule has 2 aromatic carbocycles. The standard InChI is InChI=1S/C24H30O6/c1-18(30-19(2)25)22(14-15-28-16-20-10-6-4-7-11-20)23(27-3)17-29-24(26)21-12-8-5-9-13-21/h4-13,18,22-23H,14-17H2,1-3H3/t18-,22?,23?/m1/s1. The molecule has 0 amide bonds. The number of benzene rings is 2. The lowest BCUT2D eigenvalue weighted by Gasteiger charge is -2.30. The minimum atomic E-state index is -0.438. The number of hydrogen-bond donors (Lipinski definition) is 0. The Kier molecular flexibility index (Phi) is 10.0. The minimum Gasteiger partial charge on any atom is -0.462 e. The summed E-state index contributed by atoms with van der Waals surface area (Å²) in [6.07, 6.45) is -0.265. The molecule has 0 radical (unpaired) electrons. The van der Waals surface area contributed by atoms with Gasteiger partial charge in [0, 0.05) is 26.6 Å². The van der Waals surface area contributed by atoms with Crippen molar-refractivity contribution >= 4 is 11.9 Å². The van der Waals surface area contributed by atoms with E-state index in [1.807, 2.05) is 43.3 Å². The van der Waals surface area contributed by atoms with Gasteiger partial charge < -0.3 is 18.9 Å². The van der Waals surface area contributed by atoms with Crippen molar-refractivity contribution in [2.75, 3.05) is 20.3 Å². The molecule has 6 nitrogen and oxygen atoms in total. The molecule has 2 unspecified atom stereocenters. The SMILES string of the molecule is COC(COC(=O)c1ccccc1)C(CCOCc1ccccc1)[C@@H](C)OC(C)=O. The number of ether oxygens (including phenoxy) is 4. The number of esters is 2. The maximum Gasteiger partial charge on any atom is 0.338 e. The first-order chi connectivity index (χ1) is 14.5. The van der Waals surface area contributed by atoms with Gasteiger partial charge in [-0.3, -0.25) is 4.79 Å². The van der Waals surface area contributed by atoms with Crippen LogP contribution in [0.1, 0.15) is 36.2 Å². The van der Waals surface area contributed by atoms with Gasteiger partial charge in [0.1, 0.15) is 12.7 Å². The van der Waals surface area contributed by atoms with Gasteiger partial charge in [-0.15, -0.1) is 0 Å². The molecule has 0 saturated heterocycles. The summed E-state index contributed by atoms with van der Waals surface area (Å²) in [7, 11) is 1.55. The third-order valence-corrected chi connectivity index (χ3v) is 4.83. The minimum absolute atomic E-state index is 0.0547. The first-order valence-electron chi connectivity index (χ1n) is 10.0. The summed E-state index contributed by atoms with van der Waals surface area (Å²) in [5.41, 5.74) is 1.56. The Balaban J connectivity index is 1.94. The molecule has 30 heavy (non-hydrogen) atoms. The van der Waals surface area contributed by atoms with Gasteiger partial charge in [-0.2, -0.15) is 0 Å². The van der Waals surface area contributed by atoms with Gasteiger partial charge in [0.05, 0.1) is 18.3 Å². The van der Waals surface area contributed by atoms with E-state index in [1.165, 1.54) is 6.92 Å². The van der Waals surface area contributed by atoms with E-state index in [4.69, 9.17) is 18.9 Å². The Bertz CT molecular complexity index is 762. The normalized spacial score (nSPS) is 13.8. The zero-order valence-corrected chi connectivity index (χ0v) is 17.8. The molecule has 0 saturated carbocycles. The van der Waals surface area contributed by atoms with Crippen LogP contribution in [0.15, 0.2) is 60.7 Å². The monoisotopic (exact) mass is 414 g/mol. The van der Waals surface area contributed by atoms with E-state index in [2.05, 4.69) is 0 Å². The molecule has 0 aromatic heterocycles. The molecule has 0 aliphatic carbocycles. The van der Waals surface area contributed by atoms with Crippen molar-refractivity contribution in [2.24, 2.45) is 5.92 Å². The number of hydrogen-bond acceptors (Lipinski definition) is 6. The van der Waals surface area contributed by atoms with Crippen LogP contribution >= 0.6 is 0 Å². The van der Waals surface area contributed by atoms with Gasteiger partial charge in [-0.05, 0) is 31.0 Å². The van der Waals surface area contributed by atoms with Gasteiger partial charge in [0.25, 0.3) is 0 Å². The average molecular weight is 414 g/mol. The Morgan fingerprint density at radius 3 is 2.20 bits per heavy atom. The summed E-state index contributed by atoms with van der Waals surface area (Å²) in [6.45, 7) is 4.19. The smallest absolute Gasteiger partial charge is 0.338 e. The quantitative estimate of drug-likeness (QED) is 0.386. The highest BCUT2D eigenvalue weighted by Crippen LogP contribution is 2.21. The molecule has 0 aliphatic rings. The van der Waals surface area contributed by atoms with E-state index in [0.717, 1.165) is 5.56 Å². The molecule has 0 spiro atoms. The molecule has 0 aliphatic heterocycles. The summed E-state index contributed by atoms with van der Waals surface area (Å²) in [5.74, 6) is -0.982. The summed E-state index contributed by atoms with van der Waals surface area (Å²) in [5, 5.41) is 0. The van der Waals surface area contributed by atoms with E-state index in [9.17, 15) is 9.59 Å². The third kappa shape index (κ3) is 7.97. The van der Waals surface area contributed by atoms with Crippen LogP contribution in [0.5, 0.6) is 0 Å². The summed E-state index contributed by atoms with van der Waals surface area (Å²) < 4.78 is 22.2. The zero-order chi connectivity index (χ0) is 21.8. The van der Waals surface area contributed by atoms with Crippen LogP contribution in [0.2, 0.25) is 0 Å². The molecule has 6 heteroatoms. The van der Waals surface area contributed by atoms with Crippen molar-refractivity contribution in [2.45, 2.75) is 39.1 Å². The highest BCUT2D eigenvalue weighted by Gasteiger charge is 2.30. The fourth-order valence-electron chi connectivity index (χ4n) is 3.24. The number of carbonyl (C=O) groups is 2. The molecular formula is C24H30O6. The third-order valence-electron chi connectivity index (χ3n) is 4.83. The fraction of sp³-hybridized carbons (Fsp3) is 0.417. The predicted octanol–water partition coefficient (Wildman–Crippen LogP) is 4.03. The summed E-state index contributed by atoms with van der Waals surface area (Å²) >= 11 is 0. The van der Waals surface area contributed by atoms with Crippen LogP contribution < -0.4 is 0 Å². The molecule has 2 rings (SSSR count). The van der Waals surface area contributed by atoms with Crippen LogP contribution in [0.4, 0.5) is 0 Å². The van der Waals surface area contributed by atoms with Crippen molar-refractivity contribution in [1.29, 1.82) is 0 Å². The first-order valence-corrected chi connectivity index (χ1v) is 10.0. The predicted molar refractivity (Wildman–Crippen MR) is 113 cm³/mol. The van der Waals surface area contributed by atoms with Crippen molar-refractivity contribution in [3.63, 3.8) is 0 Å². The molecule has 0 bridgehead atoms. The van der Waals surface area contributed by atoms with Gasteiger partial charge >= 0.3 is 11.9 Å². The van der Waals surface area contributed by atoms with E-state index in [-0.39, 0.29) is 18.5 Å². The largest absolute Gasteiger partial charge is 0.462 e. The molecule has 0 heterocycles. The van der Waals surface area contributed by atoms with Crippen LogP contribution in [0.3, 0.4) is 0 Å². The van der Waals surface area contributed by atoms with Gasteiger partial charge in [0.2, 0.25) is 0 Å². The molecular weight excluding hydrogens is 384 g/mol. The van der Waals surface area contributed by atoms with Crippen LogP contribution in [0.25, 0.3) is 0 Å². The van der Waals surface area contributed by atoms with Gasteiger partial charge in [-0.25, -0.2) is 4.79 Å². The number of carbonyl (C=O) groups excluding carboxylic acids is 2. The highest BCUT2D eigenvalue weighted by atomic mass is 16.6. The van der Waals surface area contributed by atoms with E-state index >= 15 is 0 Å². The second-order valence-electron chi connectivity index (χ2n) is 7.04. The van der Waals surface area contributed by atoms with Crippen molar-refractivity contribution < 1.29 is 28.5 Å². The molecule has 0 N–H and O–H groups in total. The Hall–Kier alpha value is -2.70. The Morgan fingerprint density at radius 2 is 1.60 bits per heavy atom. The van der Waals surface area contributed by atoms with Crippen LogP contribution in [0, 0.1) is 5.92 Å². The van der Waals surface area contributed by atoms with Crippen LogP contribution in [-0.2, 0) is 30.3 Å². The summed E-state index contributed by atoms with van der Waals surface area (Å²) in [4.78, 5) is 23.7. The van der Waals surface area contributed by atoms with Crippen molar-refractivity contribution in [3.8, 4) is 0 Å². The lowest BCUT2D eigenvalue weighted by Crippen LogP contribution is -2.38. The lowest BCUT2D eigenvalue weighted by molar-refractivity contribution is -0.152. The van der Waals surface area contributed by atoms with Gasteiger partial charge in [0.15, 0.2) is 0 Å². The molecule has 2 aromatic rings. The van der Waals surface area contributed by atoms with Crippen LogP contribution in [-0.4, -0.2) is 44.5 Å². The maximum atomic E-state index is 12.3. The van der Waals surface area contributed by atoms with E-state index < -0.39 is 18.2 Å². The molecule has 162 valence electrons. The second kappa shape index (κ2) is 12.8. The Morgan fingerprint density at radius 1 is 0.967 bits per heavy atom. The topological polar surface area (TPSA) is 71.1 Å². The lowest BCUT2D eigenvalue weighted by atomic mass is 9.93. The Labute approximate surface area is 178 Å². The van der Waals surface area contributed by atoms with Crippen molar-refractivity contribution in [3.05, 3.63) is 71.8 Å². The van der Waals surface area contributed by atoms with E-state index in [0.29, 0.717) is 25.2 Å². The van der Waals surface area contributed by atoms with Crippen molar-refractivity contribution in [1.82, 2.24) is 0 Å². The average Bonchev–Trinajstić information content (AvgIpc) is 2.76. The highest BCUT2D eigenvalue weighted by molar-refractivity contribution is 5.89. The van der Waals surface area contributed by atoms with Gasteiger partial charge in [-0.1, -0.05) is 48.5 Å². The molecule has 3 atom stereocenters. The second-order valence-corrected chi connectivity index (χ2v) is 7.04. The zero-order valence-electron chi connectivity index (χ0n) is 17.8. The first kappa shape index (κ1) is 23.6. The van der Waals surface area contributed by atoms with E-state index in [1.54, 1.807) is 31.4 Å².